The monoisotopic (exact) mass is 303 g/mol. The van der Waals surface area contributed by atoms with Crippen LogP contribution in [0.15, 0.2) is 29.8 Å². The predicted octanol–water partition coefficient (Wildman–Crippen LogP) is 2.34. The molecule has 2 aromatic rings. The third-order valence-electron chi connectivity index (χ3n) is 3.64. The van der Waals surface area contributed by atoms with Crippen molar-refractivity contribution in [2.45, 2.75) is 25.4 Å². The van der Waals surface area contributed by atoms with Crippen LogP contribution in [0, 0.1) is 0 Å². The molecule has 1 aliphatic heterocycles. The van der Waals surface area contributed by atoms with Crippen molar-refractivity contribution in [2.75, 3.05) is 13.7 Å². The Morgan fingerprint density at radius 3 is 3.19 bits per heavy atom. The summed E-state index contributed by atoms with van der Waals surface area (Å²) in [6, 6.07) is 5.67. The number of carbonyl (C=O) groups is 1. The average molecular weight is 303 g/mol. The van der Waals surface area contributed by atoms with Gasteiger partial charge in [-0.3, -0.25) is 14.7 Å². The smallest absolute Gasteiger partial charge is 0.323 e. The average Bonchev–Trinajstić information content (AvgIpc) is 3.17. The van der Waals surface area contributed by atoms with E-state index in [0.717, 1.165) is 35.8 Å². The molecule has 1 aliphatic rings. The summed E-state index contributed by atoms with van der Waals surface area (Å²) in [5.74, 6) is -0.146. The van der Waals surface area contributed by atoms with Crippen molar-refractivity contribution in [3.8, 4) is 10.7 Å². The molecule has 5 nitrogen and oxygen atoms in total. The number of rotatable bonds is 4. The third kappa shape index (κ3) is 3.11. The Labute approximate surface area is 127 Å². The van der Waals surface area contributed by atoms with Crippen LogP contribution in [0.1, 0.15) is 18.5 Å². The van der Waals surface area contributed by atoms with Crippen LogP contribution in [0.4, 0.5) is 0 Å². The van der Waals surface area contributed by atoms with Crippen LogP contribution in [-0.4, -0.2) is 40.5 Å². The van der Waals surface area contributed by atoms with Crippen molar-refractivity contribution in [2.24, 2.45) is 0 Å². The zero-order chi connectivity index (χ0) is 14.7. The zero-order valence-corrected chi connectivity index (χ0v) is 12.7. The summed E-state index contributed by atoms with van der Waals surface area (Å²) >= 11 is 1.58. The van der Waals surface area contributed by atoms with Gasteiger partial charge in [-0.1, -0.05) is 6.07 Å². The Morgan fingerprint density at radius 1 is 1.52 bits per heavy atom. The number of hydrogen-bond acceptors (Lipinski definition) is 6. The fourth-order valence-corrected chi connectivity index (χ4v) is 3.40. The van der Waals surface area contributed by atoms with Gasteiger partial charge in [0.05, 0.1) is 18.5 Å². The van der Waals surface area contributed by atoms with Crippen LogP contribution in [0.5, 0.6) is 0 Å². The quantitative estimate of drug-likeness (QED) is 0.812. The van der Waals surface area contributed by atoms with E-state index in [9.17, 15) is 4.79 Å². The second-order valence-corrected chi connectivity index (χ2v) is 5.87. The molecule has 0 amide bonds. The van der Waals surface area contributed by atoms with E-state index in [1.807, 2.05) is 23.6 Å². The molecule has 3 heterocycles. The van der Waals surface area contributed by atoms with Gasteiger partial charge in [-0.05, 0) is 31.5 Å². The van der Waals surface area contributed by atoms with Gasteiger partial charge in [0.15, 0.2) is 0 Å². The number of esters is 1. The van der Waals surface area contributed by atoms with Gasteiger partial charge < -0.3 is 4.74 Å². The minimum atomic E-state index is -0.146. The van der Waals surface area contributed by atoms with E-state index >= 15 is 0 Å². The molecule has 0 aromatic carbocycles. The lowest BCUT2D eigenvalue weighted by atomic mass is 10.2. The topological polar surface area (TPSA) is 55.3 Å². The van der Waals surface area contributed by atoms with E-state index in [-0.39, 0.29) is 12.0 Å². The first-order valence-electron chi connectivity index (χ1n) is 6.95. The lowest BCUT2D eigenvalue weighted by Gasteiger charge is -2.21. The number of aromatic nitrogens is 2. The van der Waals surface area contributed by atoms with Gasteiger partial charge in [0.2, 0.25) is 0 Å². The normalized spacial score (nSPS) is 18.8. The van der Waals surface area contributed by atoms with E-state index in [0.29, 0.717) is 6.54 Å². The summed E-state index contributed by atoms with van der Waals surface area (Å²) in [7, 11) is 1.45. The van der Waals surface area contributed by atoms with Crippen molar-refractivity contribution in [3.63, 3.8) is 0 Å². The Hall–Kier alpha value is -1.79. The van der Waals surface area contributed by atoms with Gasteiger partial charge in [-0.2, -0.15) is 0 Å². The number of pyridine rings is 1. The summed E-state index contributed by atoms with van der Waals surface area (Å²) in [6.45, 7) is 1.60. The molecule has 0 radical (unpaired) electrons. The second kappa shape index (κ2) is 6.32. The fraction of sp³-hybridized carbons (Fsp3) is 0.400. The molecule has 2 aromatic heterocycles. The summed E-state index contributed by atoms with van der Waals surface area (Å²) < 4.78 is 4.87. The van der Waals surface area contributed by atoms with Crippen molar-refractivity contribution >= 4 is 17.3 Å². The van der Waals surface area contributed by atoms with E-state index in [2.05, 4.69) is 14.9 Å². The maximum atomic E-state index is 11.7. The lowest BCUT2D eigenvalue weighted by Crippen LogP contribution is -2.36. The predicted molar refractivity (Wildman–Crippen MR) is 80.8 cm³/mol. The number of hydrogen-bond donors (Lipinski definition) is 0. The Morgan fingerprint density at radius 2 is 2.43 bits per heavy atom. The molecular formula is C15H17N3O2S. The third-order valence-corrected chi connectivity index (χ3v) is 4.55. The van der Waals surface area contributed by atoms with Gasteiger partial charge in [-0.15, -0.1) is 11.3 Å². The lowest BCUT2D eigenvalue weighted by molar-refractivity contribution is -0.146. The van der Waals surface area contributed by atoms with E-state index < -0.39 is 0 Å². The molecule has 110 valence electrons. The van der Waals surface area contributed by atoms with Crippen molar-refractivity contribution < 1.29 is 9.53 Å². The number of carbonyl (C=O) groups excluding carboxylic acids is 1. The van der Waals surface area contributed by atoms with Crippen LogP contribution < -0.4 is 0 Å². The number of thiazole rings is 1. The van der Waals surface area contributed by atoms with Gasteiger partial charge in [-0.25, -0.2) is 4.98 Å². The highest BCUT2D eigenvalue weighted by Gasteiger charge is 2.31. The van der Waals surface area contributed by atoms with Crippen LogP contribution in [0.25, 0.3) is 10.7 Å². The molecule has 0 spiro atoms. The highest BCUT2D eigenvalue weighted by atomic mass is 32.1. The number of likely N-dealkylation sites (tertiary alicyclic amines) is 1. The minimum Gasteiger partial charge on any atom is -0.468 e. The number of methoxy groups -OCH3 is 1. The van der Waals surface area contributed by atoms with Gasteiger partial charge in [0, 0.05) is 18.1 Å². The summed E-state index contributed by atoms with van der Waals surface area (Å²) in [5.41, 5.74) is 1.87. The van der Waals surface area contributed by atoms with E-state index in [1.165, 1.54) is 7.11 Å². The maximum absolute atomic E-state index is 11.7. The number of nitrogens with zero attached hydrogens (tertiary/aromatic N) is 3. The standard InChI is InChI=1S/C15H17N3O2S/c1-20-15(19)13-6-4-8-18(13)9-11-10-21-14(17-11)12-5-2-3-7-16-12/h2-3,5,7,10,13H,4,6,8-9H2,1H3. The molecule has 21 heavy (non-hydrogen) atoms. The minimum absolute atomic E-state index is 0.130. The van der Waals surface area contributed by atoms with Crippen LogP contribution >= 0.6 is 11.3 Å². The molecule has 6 heteroatoms. The molecule has 0 N–H and O–H groups in total. The van der Waals surface area contributed by atoms with Gasteiger partial charge in [0.25, 0.3) is 0 Å². The fourth-order valence-electron chi connectivity index (χ4n) is 2.61. The zero-order valence-electron chi connectivity index (χ0n) is 11.9. The Kier molecular flexibility index (Phi) is 4.26. The SMILES string of the molecule is COC(=O)C1CCCN1Cc1csc(-c2ccccn2)n1. The van der Waals surface area contributed by atoms with E-state index in [4.69, 9.17) is 4.74 Å². The summed E-state index contributed by atoms with van der Waals surface area (Å²) in [4.78, 5) is 22.8. The Balaban J connectivity index is 1.71. The molecular weight excluding hydrogens is 286 g/mol. The molecule has 1 unspecified atom stereocenters. The molecule has 3 rings (SSSR count). The first-order valence-corrected chi connectivity index (χ1v) is 7.83. The Bertz CT molecular complexity index is 614. The maximum Gasteiger partial charge on any atom is 0.323 e. The van der Waals surface area contributed by atoms with Crippen LogP contribution in [-0.2, 0) is 16.1 Å². The van der Waals surface area contributed by atoms with Gasteiger partial charge in [0.1, 0.15) is 11.0 Å². The number of ether oxygens (including phenoxy) is 1. The molecule has 1 fully saturated rings. The molecule has 0 aliphatic carbocycles. The summed E-state index contributed by atoms with van der Waals surface area (Å²) in [6.07, 6.45) is 3.66. The van der Waals surface area contributed by atoms with Crippen LogP contribution in [0.2, 0.25) is 0 Å². The first-order chi connectivity index (χ1) is 10.3. The molecule has 0 bridgehead atoms. The van der Waals surface area contributed by atoms with Crippen molar-refractivity contribution in [1.29, 1.82) is 0 Å². The summed E-state index contributed by atoms with van der Waals surface area (Å²) in [5, 5.41) is 2.95. The molecule has 0 saturated carbocycles. The molecule has 1 saturated heterocycles. The highest BCUT2D eigenvalue weighted by molar-refractivity contribution is 7.13. The highest BCUT2D eigenvalue weighted by Crippen LogP contribution is 2.25. The van der Waals surface area contributed by atoms with Crippen molar-refractivity contribution in [3.05, 3.63) is 35.5 Å². The second-order valence-electron chi connectivity index (χ2n) is 5.01. The molecule has 1 atom stereocenters. The van der Waals surface area contributed by atoms with Crippen molar-refractivity contribution in [1.82, 2.24) is 14.9 Å². The largest absolute Gasteiger partial charge is 0.468 e. The van der Waals surface area contributed by atoms with E-state index in [1.54, 1.807) is 17.5 Å². The first kappa shape index (κ1) is 14.2. The van der Waals surface area contributed by atoms with Gasteiger partial charge >= 0.3 is 5.97 Å². The van der Waals surface area contributed by atoms with Crippen LogP contribution in [0.3, 0.4) is 0 Å².